The van der Waals surface area contributed by atoms with Crippen molar-refractivity contribution in [3.8, 4) is 11.5 Å². The Hall–Kier alpha value is -2.56. The molecule has 0 aliphatic rings. The number of aromatic nitrogens is 1. The molecule has 128 valence electrons. The molecule has 0 saturated carbocycles. The van der Waals surface area contributed by atoms with Gasteiger partial charge in [-0.05, 0) is 36.2 Å². The molecule has 5 nitrogen and oxygen atoms in total. The second-order valence-electron chi connectivity index (χ2n) is 5.52. The predicted octanol–water partition coefficient (Wildman–Crippen LogP) is 4.19. The number of nitrogens with one attached hydrogen (secondary N) is 1. The van der Waals surface area contributed by atoms with E-state index in [1.807, 2.05) is 18.2 Å². The summed E-state index contributed by atoms with van der Waals surface area (Å²) in [5, 5.41) is 2.91. The summed E-state index contributed by atoms with van der Waals surface area (Å²) in [6, 6.07) is 9.19. The molecule has 2 rings (SSSR count). The molecule has 0 spiro atoms. The monoisotopic (exact) mass is 328 g/mol. The average molecular weight is 328 g/mol. The molecule has 1 N–H and O–H groups in total. The minimum absolute atomic E-state index is 0.0219. The van der Waals surface area contributed by atoms with Crippen molar-refractivity contribution in [3.63, 3.8) is 0 Å². The van der Waals surface area contributed by atoms with E-state index >= 15 is 0 Å². The molecule has 1 amide bonds. The Bertz CT molecular complexity index is 644. The number of methoxy groups -OCH3 is 1. The van der Waals surface area contributed by atoms with E-state index in [0.29, 0.717) is 30.2 Å². The quantitative estimate of drug-likeness (QED) is 0.701. The minimum atomic E-state index is 0.0219. The van der Waals surface area contributed by atoms with Crippen LogP contribution in [0.4, 0.5) is 5.69 Å². The van der Waals surface area contributed by atoms with Gasteiger partial charge >= 0.3 is 0 Å². The SMILES string of the molecule is CCCCCC(=O)Nc1ccc(OC)c(OCc2ccncc2)c1. The third-order valence-corrected chi connectivity index (χ3v) is 3.60. The normalized spacial score (nSPS) is 10.2. The van der Waals surface area contributed by atoms with E-state index in [1.165, 1.54) is 0 Å². The molecule has 0 atom stereocenters. The van der Waals surface area contributed by atoms with Gasteiger partial charge in [0.2, 0.25) is 5.91 Å². The molecule has 0 fully saturated rings. The topological polar surface area (TPSA) is 60.5 Å². The Morgan fingerprint density at radius 3 is 2.62 bits per heavy atom. The lowest BCUT2D eigenvalue weighted by Gasteiger charge is -2.13. The van der Waals surface area contributed by atoms with Crippen LogP contribution < -0.4 is 14.8 Å². The Labute approximate surface area is 143 Å². The molecule has 1 aromatic heterocycles. The van der Waals surface area contributed by atoms with Crippen LogP contribution in [-0.4, -0.2) is 18.0 Å². The number of hydrogen-bond acceptors (Lipinski definition) is 4. The maximum Gasteiger partial charge on any atom is 0.224 e. The fourth-order valence-electron chi connectivity index (χ4n) is 2.27. The number of nitrogens with zero attached hydrogens (tertiary/aromatic N) is 1. The number of benzene rings is 1. The Balaban J connectivity index is 2.00. The highest BCUT2D eigenvalue weighted by Gasteiger charge is 2.08. The molecule has 0 aliphatic carbocycles. The lowest BCUT2D eigenvalue weighted by Crippen LogP contribution is -2.11. The second-order valence-corrected chi connectivity index (χ2v) is 5.52. The zero-order chi connectivity index (χ0) is 17.2. The highest BCUT2D eigenvalue weighted by atomic mass is 16.5. The molecule has 0 saturated heterocycles. The van der Waals surface area contributed by atoms with Crippen LogP contribution in [0.3, 0.4) is 0 Å². The lowest BCUT2D eigenvalue weighted by molar-refractivity contribution is -0.116. The van der Waals surface area contributed by atoms with Gasteiger partial charge < -0.3 is 14.8 Å². The molecule has 0 bridgehead atoms. The van der Waals surface area contributed by atoms with Gasteiger partial charge in [0, 0.05) is 30.6 Å². The largest absolute Gasteiger partial charge is 0.493 e. The zero-order valence-electron chi connectivity index (χ0n) is 14.2. The maximum absolute atomic E-state index is 11.9. The molecule has 24 heavy (non-hydrogen) atoms. The van der Waals surface area contributed by atoms with Crippen LogP contribution in [0.15, 0.2) is 42.7 Å². The van der Waals surface area contributed by atoms with Crippen LogP contribution in [0.2, 0.25) is 0 Å². The Kier molecular flexibility index (Phi) is 7.08. The number of anilines is 1. The van der Waals surface area contributed by atoms with Gasteiger partial charge in [-0.1, -0.05) is 19.8 Å². The summed E-state index contributed by atoms with van der Waals surface area (Å²) in [5.41, 5.74) is 1.73. The summed E-state index contributed by atoms with van der Waals surface area (Å²) in [6.07, 6.45) is 7.06. The third kappa shape index (κ3) is 5.57. The van der Waals surface area contributed by atoms with E-state index < -0.39 is 0 Å². The van der Waals surface area contributed by atoms with Crippen LogP contribution in [-0.2, 0) is 11.4 Å². The first-order valence-electron chi connectivity index (χ1n) is 8.22. The number of ether oxygens (including phenoxy) is 2. The fourth-order valence-corrected chi connectivity index (χ4v) is 2.27. The molecular formula is C19H24N2O3. The number of carbonyl (C=O) groups is 1. The molecule has 0 unspecified atom stereocenters. The summed E-state index contributed by atoms with van der Waals surface area (Å²) in [4.78, 5) is 15.9. The van der Waals surface area contributed by atoms with Gasteiger partial charge in [-0.25, -0.2) is 0 Å². The molecular weight excluding hydrogens is 304 g/mol. The molecule has 1 aromatic carbocycles. The highest BCUT2D eigenvalue weighted by molar-refractivity contribution is 5.91. The van der Waals surface area contributed by atoms with Crippen molar-refractivity contribution in [1.82, 2.24) is 4.98 Å². The highest BCUT2D eigenvalue weighted by Crippen LogP contribution is 2.31. The van der Waals surface area contributed by atoms with Gasteiger partial charge in [-0.15, -0.1) is 0 Å². The van der Waals surface area contributed by atoms with Gasteiger partial charge in [0.1, 0.15) is 6.61 Å². The smallest absolute Gasteiger partial charge is 0.224 e. The number of hydrogen-bond donors (Lipinski definition) is 1. The van der Waals surface area contributed by atoms with Gasteiger partial charge in [0.15, 0.2) is 11.5 Å². The molecule has 1 heterocycles. The van der Waals surface area contributed by atoms with Crippen molar-refractivity contribution in [2.24, 2.45) is 0 Å². The number of unbranched alkanes of at least 4 members (excludes halogenated alkanes) is 2. The lowest BCUT2D eigenvalue weighted by atomic mass is 10.2. The Morgan fingerprint density at radius 2 is 1.92 bits per heavy atom. The first-order chi connectivity index (χ1) is 11.7. The summed E-state index contributed by atoms with van der Waals surface area (Å²) >= 11 is 0. The van der Waals surface area contributed by atoms with Crippen LogP contribution in [0.1, 0.15) is 38.2 Å². The van der Waals surface area contributed by atoms with Crippen molar-refractivity contribution in [2.45, 2.75) is 39.2 Å². The minimum Gasteiger partial charge on any atom is -0.493 e. The third-order valence-electron chi connectivity index (χ3n) is 3.60. The van der Waals surface area contributed by atoms with Crippen molar-refractivity contribution >= 4 is 11.6 Å². The van der Waals surface area contributed by atoms with Crippen molar-refractivity contribution in [3.05, 3.63) is 48.3 Å². The van der Waals surface area contributed by atoms with E-state index in [2.05, 4.69) is 17.2 Å². The standard InChI is InChI=1S/C19H24N2O3/c1-3-4-5-6-19(22)21-16-7-8-17(23-2)18(13-16)24-14-15-9-11-20-12-10-15/h7-13H,3-6,14H2,1-2H3,(H,21,22). The number of amides is 1. The summed E-state index contributed by atoms with van der Waals surface area (Å²) in [6.45, 7) is 2.53. The number of carbonyl (C=O) groups excluding carboxylic acids is 1. The van der Waals surface area contributed by atoms with Crippen LogP contribution in [0.25, 0.3) is 0 Å². The van der Waals surface area contributed by atoms with E-state index in [0.717, 1.165) is 24.8 Å². The predicted molar refractivity (Wildman–Crippen MR) is 94.3 cm³/mol. The van der Waals surface area contributed by atoms with E-state index in [9.17, 15) is 4.79 Å². The second kappa shape index (κ2) is 9.55. The van der Waals surface area contributed by atoms with Crippen LogP contribution >= 0.6 is 0 Å². The fraction of sp³-hybridized carbons (Fsp3) is 0.368. The maximum atomic E-state index is 11.9. The molecule has 2 aromatic rings. The summed E-state index contributed by atoms with van der Waals surface area (Å²) in [5.74, 6) is 1.25. The average Bonchev–Trinajstić information content (AvgIpc) is 2.61. The molecule has 5 heteroatoms. The van der Waals surface area contributed by atoms with Crippen molar-refractivity contribution in [1.29, 1.82) is 0 Å². The summed E-state index contributed by atoms with van der Waals surface area (Å²) in [7, 11) is 1.59. The molecule has 0 radical (unpaired) electrons. The van der Waals surface area contributed by atoms with E-state index in [4.69, 9.17) is 9.47 Å². The first kappa shape index (κ1) is 17.8. The summed E-state index contributed by atoms with van der Waals surface area (Å²) < 4.78 is 11.2. The number of pyridine rings is 1. The van der Waals surface area contributed by atoms with Crippen LogP contribution in [0.5, 0.6) is 11.5 Å². The van der Waals surface area contributed by atoms with E-state index in [1.54, 1.807) is 31.6 Å². The van der Waals surface area contributed by atoms with Crippen LogP contribution in [0, 0.1) is 0 Å². The van der Waals surface area contributed by atoms with E-state index in [-0.39, 0.29) is 5.91 Å². The van der Waals surface area contributed by atoms with Crippen molar-refractivity contribution in [2.75, 3.05) is 12.4 Å². The van der Waals surface area contributed by atoms with Gasteiger partial charge in [-0.2, -0.15) is 0 Å². The van der Waals surface area contributed by atoms with Crippen molar-refractivity contribution < 1.29 is 14.3 Å². The van der Waals surface area contributed by atoms with Gasteiger partial charge in [0.05, 0.1) is 7.11 Å². The first-order valence-corrected chi connectivity index (χ1v) is 8.22. The van der Waals surface area contributed by atoms with Gasteiger partial charge in [0.25, 0.3) is 0 Å². The molecule has 0 aliphatic heterocycles. The number of rotatable bonds is 9. The zero-order valence-corrected chi connectivity index (χ0v) is 14.2. The Morgan fingerprint density at radius 1 is 1.12 bits per heavy atom. The van der Waals surface area contributed by atoms with Gasteiger partial charge in [-0.3, -0.25) is 9.78 Å².